The highest BCUT2D eigenvalue weighted by Crippen LogP contribution is 2.44. The Kier molecular flexibility index (Phi) is 7.28. The largest absolute Gasteiger partial charge is 0.494 e. The quantitative estimate of drug-likeness (QED) is 0.260. The van der Waals surface area contributed by atoms with Gasteiger partial charge < -0.3 is 9.30 Å². The van der Waals surface area contributed by atoms with Gasteiger partial charge in [-0.1, -0.05) is 91.0 Å². The van der Waals surface area contributed by atoms with Crippen LogP contribution in [0, 0.1) is 0 Å². The average Bonchev–Trinajstić information content (AvgIpc) is 2.77. The first-order chi connectivity index (χ1) is 13.7. The third-order valence-electron chi connectivity index (χ3n) is 4.71. The molecule has 0 saturated heterocycles. The first-order valence-corrected chi connectivity index (χ1v) is 11.7. The van der Waals surface area contributed by atoms with Gasteiger partial charge in [0.05, 0.1) is 6.61 Å². The molecule has 0 aliphatic rings. The Balaban J connectivity index is 1.77. The SMILES string of the molecule is CCO/C(=C/CCCP(=O)(c1ccccc1)c1ccccc1)c1ccccc1. The lowest BCUT2D eigenvalue weighted by Crippen LogP contribution is -2.18. The van der Waals surface area contributed by atoms with Crippen molar-refractivity contribution in [3.8, 4) is 0 Å². The Morgan fingerprint density at radius 3 is 1.82 bits per heavy atom. The van der Waals surface area contributed by atoms with Crippen LogP contribution in [-0.2, 0) is 9.30 Å². The number of ether oxygens (including phenoxy) is 1. The lowest BCUT2D eigenvalue weighted by atomic mass is 10.1. The molecule has 0 radical (unpaired) electrons. The number of allylic oxidation sites excluding steroid dienone is 1. The molecule has 3 aromatic rings. The number of hydrogen-bond acceptors (Lipinski definition) is 2. The van der Waals surface area contributed by atoms with E-state index in [2.05, 4.69) is 18.2 Å². The minimum Gasteiger partial charge on any atom is -0.494 e. The van der Waals surface area contributed by atoms with E-state index in [1.807, 2.05) is 85.8 Å². The van der Waals surface area contributed by atoms with Gasteiger partial charge in [0.2, 0.25) is 0 Å². The van der Waals surface area contributed by atoms with Gasteiger partial charge in [0, 0.05) is 22.3 Å². The van der Waals surface area contributed by atoms with Crippen LogP contribution in [0.4, 0.5) is 0 Å². The van der Waals surface area contributed by atoms with E-state index in [0.29, 0.717) is 12.8 Å². The van der Waals surface area contributed by atoms with Crippen LogP contribution < -0.4 is 10.6 Å². The maximum absolute atomic E-state index is 14.0. The monoisotopic (exact) mass is 390 g/mol. The van der Waals surface area contributed by atoms with Gasteiger partial charge in [0.1, 0.15) is 12.9 Å². The second-order valence-electron chi connectivity index (χ2n) is 6.64. The van der Waals surface area contributed by atoms with E-state index in [1.165, 1.54) is 0 Å². The fourth-order valence-corrected chi connectivity index (χ4v) is 6.06. The topological polar surface area (TPSA) is 26.3 Å². The number of hydrogen-bond donors (Lipinski definition) is 0. The maximum Gasteiger partial charge on any atom is 0.143 e. The van der Waals surface area contributed by atoms with Gasteiger partial charge in [-0.2, -0.15) is 0 Å². The summed E-state index contributed by atoms with van der Waals surface area (Å²) in [6.45, 7) is 2.63. The van der Waals surface area contributed by atoms with Gasteiger partial charge in [0.25, 0.3) is 0 Å². The van der Waals surface area contributed by atoms with Gasteiger partial charge in [-0.25, -0.2) is 0 Å². The first-order valence-electron chi connectivity index (χ1n) is 9.82. The third kappa shape index (κ3) is 5.03. The smallest absolute Gasteiger partial charge is 0.143 e. The zero-order chi connectivity index (χ0) is 19.7. The van der Waals surface area contributed by atoms with Gasteiger partial charge >= 0.3 is 0 Å². The molecule has 0 spiro atoms. The van der Waals surface area contributed by atoms with Crippen LogP contribution >= 0.6 is 7.14 Å². The van der Waals surface area contributed by atoms with Crippen LogP contribution in [0.3, 0.4) is 0 Å². The zero-order valence-electron chi connectivity index (χ0n) is 16.3. The predicted molar refractivity (Wildman–Crippen MR) is 120 cm³/mol. The zero-order valence-corrected chi connectivity index (χ0v) is 17.2. The van der Waals surface area contributed by atoms with Crippen molar-refractivity contribution in [3.63, 3.8) is 0 Å². The van der Waals surface area contributed by atoms with Crippen molar-refractivity contribution in [2.24, 2.45) is 0 Å². The number of rotatable bonds is 9. The standard InChI is InChI=1S/C25H27O2P/c1-2-27-25(22-14-6-3-7-15-22)20-12-13-21-28(26,23-16-8-4-9-17-23)24-18-10-5-11-19-24/h3-11,14-20H,2,12-13,21H2,1H3/b25-20+. The number of unbranched alkanes of at least 4 members (excludes halogenated alkanes) is 1. The molecule has 144 valence electrons. The molecule has 0 amide bonds. The highest BCUT2D eigenvalue weighted by Gasteiger charge is 2.26. The van der Waals surface area contributed by atoms with E-state index in [0.717, 1.165) is 34.8 Å². The van der Waals surface area contributed by atoms with Gasteiger partial charge in [-0.3, -0.25) is 0 Å². The molecule has 0 aliphatic heterocycles. The Hall–Kier alpha value is -2.57. The summed E-state index contributed by atoms with van der Waals surface area (Å²) in [7, 11) is -2.64. The van der Waals surface area contributed by atoms with Crippen LogP contribution in [0.5, 0.6) is 0 Å². The van der Waals surface area contributed by atoms with Crippen molar-refractivity contribution in [3.05, 3.63) is 103 Å². The van der Waals surface area contributed by atoms with Crippen molar-refractivity contribution in [2.45, 2.75) is 19.8 Å². The van der Waals surface area contributed by atoms with Crippen molar-refractivity contribution in [2.75, 3.05) is 12.8 Å². The van der Waals surface area contributed by atoms with Crippen LogP contribution in [0.1, 0.15) is 25.3 Å². The fraction of sp³-hybridized carbons (Fsp3) is 0.200. The molecular formula is C25H27O2P. The molecule has 3 heteroatoms. The molecule has 0 bridgehead atoms. The van der Waals surface area contributed by atoms with Crippen LogP contribution in [0.2, 0.25) is 0 Å². The molecule has 0 aromatic heterocycles. The summed E-state index contributed by atoms with van der Waals surface area (Å²) in [5.41, 5.74) is 1.08. The first kappa shape index (κ1) is 20.2. The highest BCUT2D eigenvalue weighted by atomic mass is 31.2. The molecule has 3 aromatic carbocycles. The molecule has 0 saturated carbocycles. The Bertz CT molecular complexity index is 875. The molecule has 0 N–H and O–H groups in total. The second-order valence-corrected chi connectivity index (χ2v) is 9.60. The lowest BCUT2D eigenvalue weighted by molar-refractivity contribution is 0.297. The van der Waals surface area contributed by atoms with Crippen LogP contribution in [0.15, 0.2) is 97.1 Å². The summed E-state index contributed by atoms with van der Waals surface area (Å²) >= 11 is 0. The molecule has 0 aliphatic carbocycles. The van der Waals surface area contributed by atoms with E-state index >= 15 is 0 Å². The van der Waals surface area contributed by atoms with Gasteiger partial charge in [0.15, 0.2) is 0 Å². The molecule has 0 unspecified atom stereocenters. The van der Waals surface area contributed by atoms with E-state index in [4.69, 9.17) is 4.74 Å². The Morgan fingerprint density at radius 2 is 1.32 bits per heavy atom. The summed E-state index contributed by atoms with van der Waals surface area (Å²) < 4.78 is 19.8. The minimum atomic E-state index is -2.64. The molecular weight excluding hydrogens is 363 g/mol. The van der Waals surface area contributed by atoms with E-state index in [9.17, 15) is 4.57 Å². The number of benzene rings is 3. The van der Waals surface area contributed by atoms with Crippen LogP contribution in [0.25, 0.3) is 5.76 Å². The summed E-state index contributed by atoms with van der Waals surface area (Å²) in [5, 5.41) is 1.86. The van der Waals surface area contributed by atoms with Crippen LogP contribution in [-0.4, -0.2) is 12.8 Å². The average molecular weight is 390 g/mol. The molecule has 28 heavy (non-hydrogen) atoms. The maximum atomic E-state index is 14.0. The van der Waals surface area contributed by atoms with Crippen molar-refractivity contribution >= 4 is 23.5 Å². The third-order valence-corrected chi connectivity index (χ3v) is 7.92. The molecule has 0 heterocycles. The summed E-state index contributed by atoms with van der Waals surface area (Å²) in [4.78, 5) is 0. The summed E-state index contributed by atoms with van der Waals surface area (Å²) in [5.74, 6) is 0.900. The fourth-order valence-electron chi connectivity index (χ4n) is 3.31. The van der Waals surface area contributed by atoms with Gasteiger partial charge in [-0.05, 0) is 25.8 Å². The molecule has 0 atom stereocenters. The van der Waals surface area contributed by atoms with Gasteiger partial charge in [-0.15, -0.1) is 0 Å². The van der Waals surface area contributed by atoms with Crippen molar-refractivity contribution in [1.82, 2.24) is 0 Å². The summed E-state index contributed by atoms with van der Waals surface area (Å²) in [6.07, 6.45) is 4.43. The highest BCUT2D eigenvalue weighted by molar-refractivity contribution is 7.78. The predicted octanol–water partition coefficient (Wildman–Crippen LogP) is 5.86. The minimum absolute atomic E-state index is 0.632. The Morgan fingerprint density at radius 1 is 0.821 bits per heavy atom. The molecule has 3 rings (SSSR count). The molecule has 0 fully saturated rings. The van der Waals surface area contributed by atoms with Crippen molar-refractivity contribution < 1.29 is 9.30 Å². The normalized spacial score (nSPS) is 12.0. The van der Waals surface area contributed by atoms with E-state index in [-0.39, 0.29) is 0 Å². The van der Waals surface area contributed by atoms with E-state index in [1.54, 1.807) is 0 Å². The van der Waals surface area contributed by atoms with E-state index < -0.39 is 7.14 Å². The Labute approximate surface area is 168 Å². The molecule has 2 nitrogen and oxygen atoms in total. The summed E-state index contributed by atoms with van der Waals surface area (Å²) in [6, 6.07) is 29.9. The van der Waals surface area contributed by atoms with Crippen molar-refractivity contribution in [1.29, 1.82) is 0 Å². The second kappa shape index (κ2) is 10.1. The lowest BCUT2D eigenvalue weighted by Gasteiger charge is -2.19.